The number of fused-ring (bicyclic) bond motifs is 1. The number of carbonyl (C=O) groups is 1. The lowest BCUT2D eigenvalue weighted by Crippen LogP contribution is -2.56. The summed E-state index contributed by atoms with van der Waals surface area (Å²) in [6.45, 7) is 3.46. The molecule has 0 bridgehead atoms. The maximum absolute atomic E-state index is 12.1. The second kappa shape index (κ2) is 4.52. The summed E-state index contributed by atoms with van der Waals surface area (Å²) in [5.74, 6) is 0.0434. The van der Waals surface area contributed by atoms with Gasteiger partial charge in [0, 0.05) is 6.04 Å². The zero-order chi connectivity index (χ0) is 10.7. The van der Waals surface area contributed by atoms with Crippen molar-refractivity contribution in [3.63, 3.8) is 0 Å². The molecular formula is C12H21NO2. The average Bonchev–Trinajstić information content (AvgIpc) is 2.29. The molecule has 0 aromatic rings. The highest BCUT2D eigenvalue weighted by Crippen LogP contribution is 2.43. The highest BCUT2D eigenvalue weighted by Gasteiger charge is 2.49. The first-order valence-electron chi connectivity index (χ1n) is 6.20. The van der Waals surface area contributed by atoms with E-state index >= 15 is 0 Å². The maximum atomic E-state index is 12.1. The average molecular weight is 211 g/mol. The summed E-state index contributed by atoms with van der Waals surface area (Å²) in [5, 5.41) is 3.50. The van der Waals surface area contributed by atoms with Gasteiger partial charge in [0.05, 0.1) is 12.0 Å². The first-order chi connectivity index (χ1) is 7.29. The zero-order valence-electron chi connectivity index (χ0n) is 9.55. The summed E-state index contributed by atoms with van der Waals surface area (Å²) in [5.41, 5.74) is -0.188. The van der Waals surface area contributed by atoms with E-state index in [0.717, 1.165) is 32.2 Å². The van der Waals surface area contributed by atoms with Crippen molar-refractivity contribution >= 4 is 5.97 Å². The van der Waals surface area contributed by atoms with E-state index in [1.807, 2.05) is 6.92 Å². The summed E-state index contributed by atoms with van der Waals surface area (Å²) < 4.78 is 5.26. The quantitative estimate of drug-likeness (QED) is 0.709. The molecule has 1 saturated carbocycles. The van der Waals surface area contributed by atoms with Gasteiger partial charge in [-0.3, -0.25) is 4.79 Å². The molecule has 1 N–H and O–H groups in total. The van der Waals surface area contributed by atoms with Gasteiger partial charge in [0.15, 0.2) is 0 Å². The Balaban J connectivity index is 2.14. The molecule has 0 aromatic heterocycles. The van der Waals surface area contributed by atoms with Crippen LogP contribution in [-0.4, -0.2) is 25.2 Å². The normalized spacial score (nSPS) is 35.7. The number of hydrogen-bond donors (Lipinski definition) is 1. The van der Waals surface area contributed by atoms with Gasteiger partial charge in [0.25, 0.3) is 0 Å². The predicted molar refractivity (Wildman–Crippen MR) is 58.6 cm³/mol. The fourth-order valence-electron chi connectivity index (χ4n) is 3.14. The summed E-state index contributed by atoms with van der Waals surface area (Å²) in [6.07, 6.45) is 6.71. The Kier molecular flexibility index (Phi) is 3.29. The molecule has 0 radical (unpaired) electrons. The first kappa shape index (κ1) is 10.9. The van der Waals surface area contributed by atoms with Crippen LogP contribution in [0.3, 0.4) is 0 Å². The molecule has 2 aliphatic rings. The standard InChI is InChI=1S/C12H21NO2/c1-2-15-11(14)12-7-4-3-6-10(12)13-9-5-8-12/h10,13H,2-9H2,1H3/t10-,12-/m1/s1. The number of esters is 1. The molecule has 0 aromatic carbocycles. The van der Waals surface area contributed by atoms with Crippen LogP contribution in [0.25, 0.3) is 0 Å². The first-order valence-corrected chi connectivity index (χ1v) is 6.20. The number of carbonyl (C=O) groups excluding carboxylic acids is 1. The van der Waals surface area contributed by atoms with Gasteiger partial charge in [-0.05, 0) is 39.2 Å². The molecule has 1 aliphatic carbocycles. The van der Waals surface area contributed by atoms with E-state index in [0.29, 0.717) is 12.6 Å². The molecule has 15 heavy (non-hydrogen) atoms. The molecule has 0 amide bonds. The van der Waals surface area contributed by atoms with Crippen molar-refractivity contribution in [1.82, 2.24) is 5.32 Å². The minimum atomic E-state index is -0.188. The number of nitrogens with one attached hydrogen (secondary N) is 1. The summed E-state index contributed by atoms with van der Waals surface area (Å²) in [7, 11) is 0. The molecule has 3 heteroatoms. The van der Waals surface area contributed by atoms with Gasteiger partial charge in [-0.25, -0.2) is 0 Å². The molecule has 0 unspecified atom stereocenters. The van der Waals surface area contributed by atoms with E-state index in [9.17, 15) is 4.79 Å². The Morgan fingerprint density at radius 3 is 3.00 bits per heavy atom. The Hall–Kier alpha value is -0.570. The molecular weight excluding hydrogens is 190 g/mol. The topological polar surface area (TPSA) is 38.3 Å². The fraction of sp³-hybridized carbons (Fsp3) is 0.917. The van der Waals surface area contributed by atoms with Crippen molar-refractivity contribution in [3.8, 4) is 0 Å². The van der Waals surface area contributed by atoms with Crippen LogP contribution < -0.4 is 5.32 Å². The van der Waals surface area contributed by atoms with E-state index < -0.39 is 0 Å². The lowest BCUT2D eigenvalue weighted by Gasteiger charge is -2.45. The summed E-state index contributed by atoms with van der Waals surface area (Å²) in [6, 6.07) is 0.374. The van der Waals surface area contributed by atoms with Crippen molar-refractivity contribution in [2.75, 3.05) is 13.2 Å². The highest BCUT2D eigenvalue weighted by atomic mass is 16.5. The van der Waals surface area contributed by atoms with Crippen LogP contribution in [0.15, 0.2) is 0 Å². The molecule has 1 saturated heterocycles. The number of rotatable bonds is 2. The molecule has 0 spiro atoms. The highest BCUT2D eigenvalue weighted by molar-refractivity contribution is 5.78. The Labute approximate surface area is 91.6 Å². The number of hydrogen-bond acceptors (Lipinski definition) is 3. The lowest BCUT2D eigenvalue weighted by molar-refractivity contribution is -0.161. The van der Waals surface area contributed by atoms with Gasteiger partial charge in [0.1, 0.15) is 0 Å². The Morgan fingerprint density at radius 1 is 1.40 bits per heavy atom. The van der Waals surface area contributed by atoms with Crippen LogP contribution in [0.4, 0.5) is 0 Å². The smallest absolute Gasteiger partial charge is 0.313 e. The van der Waals surface area contributed by atoms with Gasteiger partial charge in [-0.2, -0.15) is 0 Å². The Morgan fingerprint density at radius 2 is 2.20 bits per heavy atom. The van der Waals surface area contributed by atoms with Crippen molar-refractivity contribution < 1.29 is 9.53 Å². The third-order valence-electron chi connectivity index (χ3n) is 3.91. The molecule has 2 atom stereocenters. The monoisotopic (exact) mass is 211 g/mol. The van der Waals surface area contributed by atoms with Crippen LogP contribution in [0, 0.1) is 5.41 Å². The van der Waals surface area contributed by atoms with Gasteiger partial charge >= 0.3 is 5.97 Å². The summed E-state index contributed by atoms with van der Waals surface area (Å²) >= 11 is 0. The Bertz CT molecular complexity index is 228. The van der Waals surface area contributed by atoms with E-state index in [4.69, 9.17) is 4.74 Å². The van der Waals surface area contributed by atoms with E-state index in [1.54, 1.807) is 0 Å². The third kappa shape index (κ3) is 1.89. The van der Waals surface area contributed by atoms with E-state index in [2.05, 4.69) is 5.32 Å². The molecule has 3 nitrogen and oxygen atoms in total. The predicted octanol–water partition coefficient (Wildman–Crippen LogP) is 1.86. The van der Waals surface area contributed by atoms with Gasteiger partial charge in [0.2, 0.25) is 0 Å². The van der Waals surface area contributed by atoms with Gasteiger partial charge in [-0.1, -0.05) is 12.8 Å². The third-order valence-corrected chi connectivity index (χ3v) is 3.91. The molecule has 2 fully saturated rings. The van der Waals surface area contributed by atoms with Crippen molar-refractivity contribution in [1.29, 1.82) is 0 Å². The van der Waals surface area contributed by atoms with Crippen molar-refractivity contribution in [2.45, 2.75) is 51.5 Å². The van der Waals surface area contributed by atoms with E-state index in [1.165, 1.54) is 12.8 Å². The van der Waals surface area contributed by atoms with Crippen LogP contribution in [-0.2, 0) is 9.53 Å². The van der Waals surface area contributed by atoms with Crippen LogP contribution in [0.5, 0.6) is 0 Å². The SMILES string of the molecule is CCOC(=O)[C@@]12CCCC[C@H]1NCCC2. The van der Waals surface area contributed by atoms with Crippen molar-refractivity contribution in [3.05, 3.63) is 0 Å². The minimum Gasteiger partial charge on any atom is -0.466 e. The number of piperidine rings is 1. The molecule has 2 rings (SSSR count). The van der Waals surface area contributed by atoms with Crippen LogP contribution >= 0.6 is 0 Å². The fourth-order valence-corrected chi connectivity index (χ4v) is 3.14. The largest absolute Gasteiger partial charge is 0.466 e. The second-order valence-corrected chi connectivity index (χ2v) is 4.73. The maximum Gasteiger partial charge on any atom is 0.313 e. The lowest BCUT2D eigenvalue weighted by atomic mass is 9.66. The van der Waals surface area contributed by atoms with Crippen LogP contribution in [0.1, 0.15) is 45.4 Å². The van der Waals surface area contributed by atoms with Crippen molar-refractivity contribution in [2.24, 2.45) is 5.41 Å². The van der Waals surface area contributed by atoms with Gasteiger partial charge in [-0.15, -0.1) is 0 Å². The van der Waals surface area contributed by atoms with E-state index in [-0.39, 0.29) is 11.4 Å². The molecule has 86 valence electrons. The summed E-state index contributed by atoms with van der Waals surface area (Å²) in [4.78, 5) is 12.1. The van der Waals surface area contributed by atoms with Crippen LogP contribution in [0.2, 0.25) is 0 Å². The second-order valence-electron chi connectivity index (χ2n) is 4.73. The molecule has 1 aliphatic heterocycles. The zero-order valence-corrected chi connectivity index (χ0v) is 9.55. The van der Waals surface area contributed by atoms with Gasteiger partial charge < -0.3 is 10.1 Å². The minimum absolute atomic E-state index is 0.0434. The number of ether oxygens (including phenoxy) is 1. The molecule has 1 heterocycles.